The van der Waals surface area contributed by atoms with Crippen molar-refractivity contribution in [3.8, 4) is 6.07 Å². The van der Waals surface area contributed by atoms with E-state index in [0.717, 1.165) is 49.3 Å². The van der Waals surface area contributed by atoms with Crippen molar-refractivity contribution in [1.29, 1.82) is 5.26 Å². The van der Waals surface area contributed by atoms with Crippen LogP contribution in [0.3, 0.4) is 0 Å². The van der Waals surface area contributed by atoms with Crippen LogP contribution in [0, 0.1) is 11.3 Å². The fourth-order valence-corrected chi connectivity index (χ4v) is 4.33. The second kappa shape index (κ2) is 8.17. The molecular formula is C21H25F2N5O. The van der Waals surface area contributed by atoms with Crippen LogP contribution in [-0.2, 0) is 4.74 Å². The third-order valence-corrected chi connectivity index (χ3v) is 5.98. The number of aromatic nitrogens is 2. The van der Waals surface area contributed by atoms with Gasteiger partial charge in [-0.2, -0.15) is 5.26 Å². The SMILES string of the molecule is CC(F)(F)C1CN(C2CCC(Nc3ncnc4ccc(C#N)cc34)CC2)CCO1. The van der Waals surface area contributed by atoms with Gasteiger partial charge in [-0.1, -0.05) is 0 Å². The summed E-state index contributed by atoms with van der Waals surface area (Å²) in [5.41, 5.74) is 1.38. The minimum Gasteiger partial charge on any atom is -0.369 e. The number of morpholine rings is 1. The van der Waals surface area contributed by atoms with Crippen LogP contribution < -0.4 is 5.32 Å². The number of nitriles is 1. The van der Waals surface area contributed by atoms with Gasteiger partial charge in [0.25, 0.3) is 5.92 Å². The molecule has 2 heterocycles. The zero-order valence-corrected chi connectivity index (χ0v) is 16.4. The van der Waals surface area contributed by atoms with Gasteiger partial charge in [-0.25, -0.2) is 18.7 Å². The minimum atomic E-state index is -2.81. The summed E-state index contributed by atoms with van der Waals surface area (Å²) >= 11 is 0. The molecule has 1 aliphatic carbocycles. The Morgan fingerprint density at radius 3 is 2.76 bits per heavy atom. The van der Waals surface area contributed by atoms with Crippen molar-refractivity contribution in [3.63, 3.8) is 0 Å². The standard InChI is InChI=1S/C21H25F2N5O/c1-21(22,23)19-12-28(8-9-29-19)16-5-3-15(4-6-16)27-20-17-10-14(11-24)2-7-18(17)25-13-26-20/h2,7,10,13,15-16,19H,3-6,8-9,12H2,1H3,(H,25,26,27). The van der Waals surface area contributed by atoms with Crippen LogP contribution in [0.2, 0.25) is 0 Å². The molecule has 1 saturated heterocycles. The van der Waals surface area contributed by atoms with Gasteiger partial charge in [-0.05, 0) is 43.9 Å². The molecular weight excluding hydrogens is 376 g/mol. The number of nitrogens with one attached hydrogen (secondary N) is 1. The monoisotopic (exact) mass is 401 g/mol. The molecule has 0 radical (unpaired) electrons. The fraction of sp³-hybridized carbons (Fsp3) is 0.571. The van der Waals surface area contributed by atoms with Gasteiger partial charge in [0.1, 0.15) is 18.2 Å². The van der Waals surface area contributed by atoms with E-state index < -0.39 is 12.0 Å². The summed E-state index contributed by atoms with van der Waals surface area (Å²) in [6.07, 6.45) is 4.30. The summed E-state index contributed by atoms with van der Waals surface area (Å²) in [4.78, 5) is 10.8. The molecule has 4 rings (SSSR count). The Balaban J connectivity index is 1.38. The molecule has 29 heavy (non-hydrogen) atoms. The van der Waals surface area contributed by atoms with Gasteiger partial charge < -0.3 is 10.1 Å². The summed E-state index contributed by atoms with van der Waals surface area (Å²) in [7, 11) is 0. The molecule has 2 fully saturated rings. The highest BCUT2D eigenvalue weighted by molar-refractivity contribution is 5.89. The average Bonchev–Trinajstić information content (AvgIpc) is 2.74. The Labute approximate surface area is 168 Å². The van der Waals surface area contributed by atoms with Crippen molar-refractivity contribution in [3.05, 3.63) is 30.1 Å². The Morgan fingerprint density at radius 2 is 2.03 bits per heavy atom. The van der Waals surface area contributed by atoms with Crippen molar-refractivity contribution in [2.75, 3.05) is 25.0 Å². The maximum absolute atomic E-state index is 13.6. The predicted octanol–water partition coefficient (Wildman–Crippen LogP) is 3.58. The van der Waals surface area contributed by atoms with E-state index in [1.165, 1.54) is 6.33 Å². The lowest BCUT2D eigenvalue weighted by Crippen LogP contribution is -2.53. The Morgan fingerprint density at radius 1 is 1.24 bits per heavy atom. The van der Waals surface area contributed by atoms with Crippen molar-refractivity contribution < 1.29 is 13.5 Å². The van der Waals surface area contributed by atoms with Gasteiger partial charge >= 0.3 is 0 Å². The van der Waals surface area contributed by atoms with Crippen LogP contribution in [0.25, 0.3) is 10.9 Å². The van der Waals surface area contributed by atoms with Crippen LogP contribution in [0.4, 0.5) is 14.6 Å². The molecule has 8 heteroatoms. The molecule has 1 N–H and O–H groups in total. The molecule has 1 atom stereocenters. The first-order chi connectivity index (χ1) is 13.9. The first-order valence-corrected chi connectivity index (χ1v) is 10.1. The number of halogens is 2. The lowest BCUT2D eigenvalue weighted by atomic mass is 9.89. The molecule has 0 spiro atoms. The highest BCUT2D eigenvalue weighted by atomic mass is 19.3. The number of benzene rings is 1. The quantitative estimate of drug-likeness (QED) is 0.844. The molecule has 1 saturated carbocycles. The van der Waals surface area contributed by atoms with E-state index in [9.17, 15) is 8.78 Å². The summed E-state index contributed by atoms with van der Waals surface area (Å²) in [5, 5.41) is 13.5. The van der Waals surface area contributed by atoms with Gasteiger partial charge in [0.05, 0.1) is 23.8 Å². The summed E-state index contributed by atoms with van der Waals surface area (Å²) in [5.74, 6) is -2.07. The second-order valence-electron chi connectivity index (χ2n) is 8.03. The molecule has 2 aliphatic rings. The maximum Gasteiger partial charge on any atom is 0.272 e. The number of hydrogen-bond acceptors (Lipinski definition) is 6. The van der Waals surface area contributed by atoms with Gasteiger partial charge in [0, 0.05) is 37.5 Å². The van der Waals surface area contributed by atoms with E-state index in [4.69, 9.17) is 10.00 Å². The fourth-order valence-electron chi connectivity index (χ4n) is 4.33. The number of nitrogens with zero attached hydrogens (tertiary/aromatic N) is 4. The van der Waals surface area contributed by atoms with Crippen molar-refractivity contribution >= 4 is 16.7 Å². The molecule has 1 aliphatic heterocycles. The van der Waals surface area contributed by atoms with Crippen molar-refractivity contribution in [2.24, 2.45) is 0 Å². The van der Waals surface area contributed by atoms with E-state index in [1.807, 2.05) is 12.1 Å². The maximum atomic E-state index is 13.6. The lowest BCUT2D eigenvalue weighted by molar-refractivity contribution is -0.163. The Hall–Kier alpha value is -2.37. The first-order valence-electron chi connectivity index (χ1n) is 10.1. The number of anilines is 1. The number of alkyl halides is 2. The summed E-state index contributed by atoms with van der Waals surface area (Å²) in [6, 6.07) is 8.12. The highest BCUT2D eigenvalue weighted by Crippen LogP contribution is 2.31. The van der Waals surface area contributed by atoms with E-state index in [2.05, 4.69) is 26.3 Å². The van der Waals surface area contributed by atoms with Crippen LogP contribution >= 0.6 is 0 Å². The van der Waals surface area contributed by atoms with E-state index in [1.54, 1.807) is 6.07 Å². The lowest BCUT2D eigenvalue weighted by Gasteiger charge is -2.42. The van der Waals surface area contributed by atoms with Gasteiger partial charge in [-0.15, -0.1) is 0 Å². The van der Waals surface area contributed by atoms with Gasteiger partial charge in [0.15, 0.2) is 0 Å². The molecule has 1 aromatic carbocycles. The Bertz CT molecular complexity index is 902. The van der Waals surface area contributed by atoms with Crippen molar-refractivity contribution in [2.45, 2.75) is 56.7 Å². The molecule has 0 bridgehead atoms. The van der Waals surface area contributed by atoms with E-state index >= 15 is 0 Å². The van der Waals surface area contributed by atoms with Crippen LogP contribution in [0.5, 0.6) is 0 Å². The van der Waals surface area contributed by atoms with Gasteiger partial charge in [-0.3, -0.25) is 4.90 Å². The number of fused-ring (bicyclic) bond motifs is 1. The largest absolute Gasteiger partial charge is 0.369 e. The topological polar surface area (TPSA) is 74.1 Å². The van der Waals surface area contributed by atoms with E-state index in [0.29, 0.717) is 31.3 Å². The molecule has 6 nitrogen and oxygen atoms in total. The zero-order valence-electron chi connectivity index (χ0n) is 16.4. The average molecular weight is 401 g/mol. The third kappa shape index (κ3) is 4.46. The van der Waals surface area contributed by atoms with Crippen LogP contribution in [-0.4, -0.2) is 58.7 Å². The molecule has 0 amide bonds. The smallest absolute Gasteiger partial charge is 0.272 e. The molecule has 1 aromatic heterocycles. The van der Waals surface area contributed by atoms with E-state index in [-0.39, 0.29) is 6.04 Å². The molecule has 1 unspecified atom stereocenters. The molecule has 154 valence electrons. The number of ether oxygens (including phenoxy) is 1. The minimum absolute atomic E-state index is 0.263. The Kier molecular flexibility index (Phi) is 5.61. The number of hydrogen-bond donors (Lipinski definition) is 1. The predicted molar refractivity (Wildman–Crippen MR) is 106 cm³/mol. The first kappa shape index (κ1) is 19.9. The van der Waals surface area contributed by atoms with Crippen LogP contribution in [0.1, 0.15) is 38.2 Å². The summed E-state index contributed by atoms with van der Waals surface area (Å²) < 4.78 is 32.6. The van der Waals surface area contributed by atoms with Crippen molar-refractivity contribution in [1.82, 2.24) is 14.9 Å². The number of rotatable bonds is 4. The second-order valence-corrected chi connectivity index (χ2v) is 8.03. The normalized spacial score (nSPS) is 26.2. The summed E-state index contributed by atoms with van der Waals surface area (Å²) in [6.45, 7) is 2.30. The van der Waals surface area contributed by atoms with Gasteiger partial charge in [0.2, 0.25) is 0 Å². The van der Waals surface area contributed by atoms with Crippen LogP contribution in [0.15, 0.2) is 24.5 Å². The molecule has 2 aromatic rings. The zero-order chi connectivity index (χ0) is 20.4. The highest BCUT2D eigenvalue weighted by Gasteiger charge is 2.40. The third-order valence-electron chi connectivity index (χ3n) is 5.98.